The molecule has 1 aliphatic carbocycles. The van der Waals surface area contributed by atoms with E-state index in [4.69, 9.17) is 4.74 Å². The van der Waals surface area contributed by atoms with Crippen LogP contribution in [0.4, 0.5) is 0 Å². The van der Waals surface area contributed by atoms with E-state index in [1.807, 2.05) is 24.3 Å². The fourth-order valence-electron chi connectivity index (χ4n) is 2.20. The van der Waals surface area contributed by atoms with Crippen molar-refractivity contribution in [2.75, 3.05) is 13.2 Å². The highest BCUT2D eigenvalue weighted by Crippen LogP contribution is 2.26. The summed E-state index contributed by atoms with van der Waals surface area (Å²) in [6.07, 6.45) is 5.86. The zero-order valence-electron chi connectivity index (χ0n) is 10.1. The molecule has 2 N–H and O–H groups in total. The molecule has 2 aliphatic rings. The van der Waals surface area contributed by atoms with Gasteiger partial charge in [-0.15, -0.1) is 0 Å². The van der Waals surface area contributed by atoms with Crippen LogP contribution in [0.15, 0.2) is 30.4 Å². The maximum atomic E-state index is 9.63. The number of aliphatic hydroxyl groups excluding tert-OH is 1. The van der Waals surface area contributed by atoms with Crippen molar-refractivity contribution in [1.29, 1.82) is 0 Å². The average molecular weight is 244 g/mol. The lowest BCUT2D eigenvalue weighted by atomic mass is 9.99. The summed E-state index contributed by atoms with van der Waals surface area (Å²) in [5.74, 6) is 0.711. The van der Waals surface area contributed by atoms with Gasteiger partial charge in [0.2, 0.25) is 5.88 Å². The number of nitrogens with zero attached hydrogens (tertiary/aromatic N) is 1. The van der Waals surface area contributed by atoms with Crippen LogP contribution in [0.5, 0.6) is 5.88 Å². The Hall–Kier alpha value is -1.65. The molecule has 18 heavy (non-hydrogen) atoms. The Labute approximate surface area is 106 Å². The van der Waals surface area contributed by atoms with E-state index in [9.17, 15) is 5.11 Å². The molecule has 0 radical (unpaired) electrons. The Morgan fingerprint density at radius 1 is 1.39 bits per heavy atom. The summed E-state index contributed by atoms with van der Waals surface area (Å²) in [6, 6.07) is 4.04. The SMILES string of the molecule is OC1C=CC=C(c2ccc3c(n2)OCCNC3)C1. The van der Waals surface area contributed by atoms with Crippen molar-refractivity contribution in [2.45, 2.75) is 19.1 Å². The standard InChI is InChI=1S/C14H16N2O2/c17-12-3-1-2-10(8-12)13-5-4-11-9-15-6-7-18-14(11)16-13/h1-5,12,15,17H,6-9H2. The summed E-state index contributed by atoms with van der Waals surface area (Å²) in [4.78, 5) is 4.56. The van der Waals surface area contributed by atoms with Crippen LogP contribution in [0, 0.1) is 0 Å². The van der Waals surface area contributed by atoms with Gasteiger partial charge in [0, 0.05) is 25.1 Å². The number of pyridine rings is 1. The van der Waals surface area contributed by atoms with E-state index in [0.717, 1.165) is 29.9 Å². The minimum Gasteiger partial charge on any atom is -0.476 e. The maximum absolute atomic E-state index is 9.63. The van der Waals surface area contributed by atoms with Crippen LogP contribution < -0.4 is 10.1 Å². The van der Waals surface area contributed by atoms with Gasteiger partial charge in [0.1, 0.15) is 6.61 Å². The normalized spacial score (nSPS) is 22.7. The van der Waals surface area contributed by atoms with Crippen molar-refractivity contribution >= 4 is 5.57 Å². The Balaban J connectivity index is 1.92. The van der Waals surface area contributed by atoms with Gasteiger partial charge >= 0.3 is 0 Å². The van der Waals surface area contributed by atoms with Crippen LogP contribution in [0.2, 0.25) is 0 Å². The van der Waals surface area contributed by atoms with Gasteiger partial charge in [0.15, 0.2) is 0 Å². The van der Waals surface area contributed by atoms with Gasteiger partial charge in [-0.05, 0) is 11.6 Å². The number of aliphatic hydroxyl groups is 1. The third kappa shape index (κ3) is 2.30. The lowest BCUT2D eigenvalue weighted by Gasteiger charge is -2.14. The van der Waals surface area contributed by atoms with Gasteiger partial charge in [0.05, 0.1) is 11.8 Å². The first-order valence-electron chi connectivity index (χ1n) is 6.22. The second kappa shape index (κ2) is 4.92. The Morgan fingerprint density at radius 3 is 3.22 bits per heavy atom. The number of allylic oxidation sites excluding steroid dienone is 2. The van der Waals surface area contributed by atoms with E-state index >= 15 is 0 Å². The van der Waals surface area contributed by atoms with Crippen molar-refractivity contribution < 1.29 is 9.84 Å². The highest BCUT2D eigenvalue weighted by molar-refractivity contribution is 5.67. The molecule has 3 rings (SSSR count). The second-order valence-electron chi connectivity index (χ2n) is 4.53. The predicted molar refractivity (Wildman–Crippen MR) is 69.2 cm³/mol. The molecule has 0 bridgehead atoms. The summed E-state index contributed by atoms with van der Waals surface area (Å²) in [5, 5.41) is 12.9. The molecule has 0 amide bonds. The molecule has 2 heterocycles. The van der Waals surface area contributed by atoms with Crippen LogP contribution in [-0.4, -0.2) is 29.3 Å². The van der Waals surface area contributed by atoms with E-state index in [0.29, 0.717) is 18.9 Å². The van der Waals surface area contributed by atoms with Crippen molar-refractivity contribution in [3.05, 3.63) is 41.6 Å². The van der Waals surface area contributed by atoms with Crippen LogP contribution in [0.3, 0.4) is 0 Å². The minimum atomic E-state index is -0.409. The van der Waals surface area contributed by atoms with Gasteiger partial charge in [-0.3, -0.25) is 0 Å². The highest BCUT2D eigenvalue weighted by Gasteiger charge is 2.15. The zero-order chi connectivity index (χ0) is 12.4. The van der Waals surface area contributed by atoms with E-state index in [-0.39, 0.29) is 0 Å². The van der Waals surface area contributed by atoms with Crippen LogP contribution in [-0.2, 0) is 6.54 Å². The number of hydrogen-bond acceptors (Lipinski definition) is 4. The topological polar surface area (TPSA) is 54.4 Å². The third-order valence-corrected chi connectivity index (χ3v) is 3.16. The maximum Gasteiger partial charge on any atom is 0.218 e. The third-order valence-electron chi connectivity index (χ3n) is 3.16. The van der Waals surface area contributed by atoms with Gasteiger partial charge < -0.3 is 15.2 Å². The van der Waals surface area contributed by atoms with Gasteiger partial charge in [-0.25, -0.2) is 4.98 Å². The molecule has 0 saturated heterocycles. The quantitative estimate of drug-likeness (QED) is 0.781. The Morgan fingerprint density at radius 2 is 2.33 bits per heavy atom. The molecule has 94 valence electrons. The van der Waals surface area contributed by atoms with E-state index in [2.05, 4.69) is 10.3 Å². The summed E-state index contributed by atoms with van der Waals surface area (Å²) < 4.78 is 5.63. The van der Waals surface area contributed by atoms with Gasteiger partial charge in [-0.2, -0.15) is 0 Å². The van der Waals surface area contributed by atoms with Crippen molar-refractivity contribution in [2.24, 2.45) is 0 Å². The second-order valence-corrected chi connectivity index (χ2v) is 4.53. The molecule has 0 saturated carbocycles. The Kier molecular flexibility index (Phi) is 3.13. The largest absolute Gasteiger partial charge is 0.476 e. The number of nitrogens with one attached hydrogen (secondary N) is 1. The molecular formula is C14H16N2O2. The van der Waals surface area contributed by atoms with E-state index < -0.39 is 6.10 Å². The van der Waals surface area contributed by atoms with Crippen LogP contribution in [0.25, 0.3) is 5.57 Å². The molecule has 0 aromatic carbocycles. The smallest absolute Gasteiger partial charge is 0.218 e. The molecule has 1 aromatic heterocycles. The lowest BCUT2D eigenvalue weighted by Crippen LogP contribution is -2.16. The monoisotopic (exact) mass is 244 g/mol. The molecule has 1 aliphatic heterocycles. The fraction of sp³-hybridized carbons (Fsp3) is 0.357. The molecule has 4 nitrogen and oxygen atoms in total. The number of rotatable bonds is 1. The molecule has 4 heteroatoms. The number of hydrogen-bond donors (Lipinski definition) is 2. The fourth-order valence-corrected chi connectivity index (χ4v) is 2.20. The molecule has 1 atom stereocenters. The molecule has 1 unspecified atom stereocenters. The van der Waals surface area contributed by atoms with E-state index in [1.165, 1.54) is 0 Å². The number of ether oxygens (including phenoxy) is 1. The Bertz CT molecular complexity index is 509. The van der Waals surface area contributed by atoms with E-state index in [1.54, 1.807) is 6.08 Å². The number of fused-ring (bicyclic) bond motifs is 1. The van der Waals surface area contributed by atoms with Crippen molar-refractivity contribution in [3.63, 3.8) is 0 Å². The van der Waals surface area contributed by atoms with Gasteiger partial charge in [-0.1, -0.05) is 24.3 Å². The van der Waals surface area contributed by atoms with Crippen LogP contribution in [0.1, 0.15) is 17.7 Å². The highest BCUT2D eigenvalue weighted by atomic mass is 16.5. The molecule has 1 aromatic rings. The first-order chi connectivity index (χ1) is 8.83. The zero-order valence-corrected chi connectivity index (χ0v) is 10.1. The summed E-state index contributed by atoms with van der Waals surface area (Å²) in [5.41, 5.74) is 3.02. The van der Waals surface area contributed by atoms with Gasteiger partial charge in [0.25, 0.3) is 0 Å². The minimum absolute atomic E-state index is 0.409. The molecular weight excluding hydrogens is 228 g/mol. The van der Waals surface area contributed by atoms with Crippen LogP contribution >= 0.6 is 0 Å². The molecule has 0 spiro atoms. The number of aromatic nitrogens is 1. The predicted octanol–water partition coefficient (Wildman–Crippen LogP) is 1.27. The summed E-state index contributed by atoms with van der Waals surface area (Å²) in [6.45, 7) is 2.28. The molecule has 0 fully saturated rings. The first kappa shape index (κ1) is 11.4. The average Bonchev–Trinajstić information content (AvgIpc) is 2.63. The lowest BCUT2D eigenvalue weighted by molar-refractivity contribution is 0.228. The first-order valence-corrected chi connectivity index (χ1v) is 6.22. The summed E-state index contributed by atoms with van der Waals surface area (Å²) in [7, 11) is 0. The summed E-state index contributed by atoms with van der Waals surface area (Å²) >= 11 is 0. The van der Waals surface area contributed by atoms with Crippen molar-refractivity contribution in [1.82, 2.24) is 10.3 Å². The van der Waals surface area contributed by atoms with Crippen molar-refractivity contribution in [3.8, 4) is 5.88 Å².